The molecule has 1 aliphatic heterocycles. The number of rotatable bonds is 5. The van der Waals surface area contributed by atoms with Crippen LogP contribution in [0.5, 0.6) is 0 Å². The third-order valence-electron chi connectivity index (χ3n) is 3.62. The van der Waals surface area contributed by atoms with Crippen LogP contribution >= 0.6 is 11.8 Å². The van der Waals surface area contributed by atoms with E-state index in [2.05, 4.69) is 5.32 Å². The van der Waals surface area contributed by atoms with E-state index in [4.69, 9.17) is 0 Å². The molecular formula is C16H15FN2O3S. The van der Waals surface area contributed by atoms with Gasteiger partial charge in [-0.2, -0.15) is 0 Å². The Kier molecular flexibility index (Phi) is 4.47. The number of nitrogens with one attached hydrogen (secondary N) is 1. The van der Waals surface area contributed by atoms with Crippen molar-refractivity contribution in [3.8, 4) is 0 Å². The van der Waals surface area contributed by atoms with E-state index >= 15 is 0 Å². The van der Waals surface area contributed by atoms with Gasteiger partial charge in [0, 0.05) is 19.0 Å². The number of hydrogen-bond donors (Lipinski definition) is 1. The first-order valence-corrected chi connectivity index (χ1v) is 8.15. The maximum absolute atomic E-state index is 12.9. The number of carbonyl (C=O) groups excluding carboxylic acids is 3. The van der Waals surface area contributed by atoms with Gasteiger partial charge in [-0.1, -0.05) is 12.1 Å². The van der Waals surface area contributed by atoms with Gasteiger partial charge in [0.05, 0.1) is 4.91 Å². The highest BCUT2D eigenvalue weighted by Gasteiger charge is 2.35. The minimum absolute atomic E-state index is 0.0150. The molecular weight excluding hydrogens is 319 g/mol. The van der Waals surface area contributed by atoms with Crippen molar-refractivity contribution < 1.29 is 18.8 Å². The summed E-state index contributed by atoms with van der Waals surface area (Å²) in [5, 5.41) is 2.37. The van der Waals surface area contributed by atoms with Gasteiger partial charge >= 0.3 is 0 Å². The molecule has 2 fully saturated rings. The van der Waals surface area contributed by atoms with Gasteiger partial charge in [-0.15, -0.1) is 0 Å². The maximum Gasteiger partial charge on any atom is 0.293 e. The summed E-state index contributed by atoms with van der Waals surface area (Å²) >= 11 is 0.850. The molecule has 0 atom stereocenters. The number of amides is 3. The summed E-state index contributed by atoms with van der Waals surface area (Å²) in [6, 6.07) is 5.67. The Balaban J connectivity index is 1.60. The van der Waals surface area contributed by atoms with Gasteiger partial charge in [0.2, 0.25) is 5.91 Å². The molecule has 1 aromatic rings. The van der Waals surface area contributed by atoms with E-state index in [1.54, 1.807) is 18.2 Å². The zero-order chi connectivity index (χ0) is 16.4. The zero-order valence-electron chi connectivity index (χ0n) is 12.3. The molecule has 3 rings (SSSR count). The monoisotopic (exact) mass is 334 g/mol. The smallest absolute Gasteiger partial charge is 0.293 e. The first-order chi connectivity index (χ1) is 11.0. The van der Waals surface area contributed by atoms with Gasteiger partial charge in [-0.25, -0.2) is 4.39 Å². The summed E-state index contributed by atoms with van der Waals surface area (Å²) in [6.07, 6.45) is 3.38. The third-order valence-corrected chi connectivity index (χ3v) is 4.53. The molecule has 1 saturated heterocycles. The second-order valence-electron chi connectivity index (χ2n) is 5.45. The lowest BCUT2D eigenvalue weighted by molar-refractivity contribution is -0.124. The molecule has 5 nitrogen and oxygen atoms in total. The summed E-state index contributed by atoms with van der Waals surface area (Å²) in [7, 11) is 0. The fraction of sp³-hybridized carbons (Fsp3) is 0.312. The molecule has 0 radical (unpaired) electrons. The highest BCUT2D eigenvalue weighted by Crippen LogP contribution is 2.32. The van der Waals surface area contributed by atoms with Crippen LogP contribution in [0.1, 0.15) is 18.4 Å². The molecule has 120 valence electrons. The summed E-state index contributed by atoms with van der Waals surface area (Å²) in [5.41, 5.74) is 0.652. The van der Waals surface area contributed by atoms with Crippen molar-refractivity contribution >= 4 is 34.9 Å². The Morgan fingerprint density at radius 3 is 2.65 bits per heavy atom. The van der Waals surface area contributed by atoms with Gasteiger partial charge in [0.1, 0.15) is 5.82 Å². The van der Waals surface area contributed by atoms with Gasteiger partial charge in [0.15, 0.2) is 0 Å². The average Bonchev–Trinajstić information content (AvgIpc) is 3.33. The molecule has 1 N–H and O–H groups in total. The minimum Gasteiger partial charge on any atom is -0.354 e. The van der Waals surface area contributed by atoms with Gasteiger partial charge < -0.3 is 5.32 Å². The van der Waals surface area contributed by atoms with Crippen LogP contribution in [-0.4, -0.2) is 35.0 Å². The number of carbonyl (C=O) groups is 3. The second kappa shape index (κ2) is 6.54. The number of imide groups is 1. The van der Waals surface area contributed by atoms with Crippen molar-refractivity contribution in [1.29, 1.82) is 0 Å². The number of benzene rings is 1. The van der Waals surface area contributed by atoms with Crippen LogP contribution < -0.4 is 5.32 Å². The standard InChI is InChI=1S/C16H15FN2O3S/c17-12-5-1-10(2-6-12)9-13-15(21)19(16(22)23-13)8-7-18-14(20)11-3-4-11/h1-2,5-6,9,11H,3-4,7-8H2,(H,18,20)/b13-9-. The Hall–Kier alpha value is -2.15. The van der Waals surface area contributed by atoms with Crippen LogP contribution in [0.3, 0.4) is 0 Å². The van der Waals surface area contributed by atoms with E-state index in [-0.39, 0.29) is 41.9 Å². The van der Waals surface area contributed by atoms with Crippen LogP contribution in [0.25, 0.3) is 6.08 Å². The Labute approximate surface area is 136 Å². The predicted molar refractivity (Wildman–Crippen MR) is 84.8 cm³/mol. The van der Waals surface area contributed by atoms with Gasteiger partial charge in [-0.05, 0) is 48.4 Å². The molecule has 1 heterocycles. The van der Waals surface area contributed by atoms with E-state index in [1.807, 2.05) is 0 Å². The van der Waals surface area contributed by atoms with Crippen LogP contribution in [0.4, 0.5) is 9.18 Å². The van der Waals surface area contributed by atoms with Crippen LogP contribution in [-0.2, 0) is 9.59 Å². The number of nitrogens with zero attached hydrogens (tertiary/aromatic N) is 1. The van der Waals surface area contributed by atoms with Gasteiger partial charge in [0.25, 0.3) is 11.1 Å². The summed E-state index contributed by atoms with van der Waals surface area (Å²) in [5.74, 6) is -0.659. The summed E-state index contributed by atoms with van der Waals surface area (Å²) < 4.78 is 12.9. The highest BCUT2D eigenvalue weighted by atomic mass is 32.2. The SMILES string of the molecule is O=C(NCCN1C(=O)S/C(=C\c2ccc(F)cc2)C1=O)C1CC1. The quantitative estimate of drug-likeness (QED) is 0.840. The molecule has 0 spiro atoms. The first kappa shape index (κ1) is 15.7. The topological polar surface area (TPSA) is 66.5 Å². The number of hydrogen-bond acceptors (Lipinski definition) is 4. The molecule has 2 aliphatic rings. The highest BCUT2D eigenvalue weighted by molar-refractivity contribution is 8.18. The van der Waals surface area contributed by atoms with E-state index in [0.29, 0.717) is 10.5 Å². The first-order valence-electron chi connectivity index (χ1n) is 7.33. The van der Waals surface area contributed by atoms with Crippen molar-refractivity contribution in [2.24, 2.45) is 5.92 Å². The lowest BCUT2D eigenvalue weighted by Crippen LogP contribution is -2.37. The largest absolute Gasteiger partial charge is 0.354 e. The molecule has 7 heteroatoms. The molecule has 0 aromatic heterocycles. The van der Waals surface area contributed by atoms with Crippen LogP contribution in [0, 0.1) is 11.7 Å². The second-order valence-corrected chi connectivity index (χ2v) is 6.44. The lowest BCUT2D eigenvalue weighted by Gasteiger charge is -2.12. The van der Waals surface area contributed by atoms with Crippen LogP contribution in [0.15, 0.2) is 29.2 Å². The molecule has 0 unspecified atom stereocenters. The lowest BCUT2D eigenvalue weighted by atomic mass is 10.2. The molecule has 1 aliphatic carbocycles. The fourth-order valence-electron chi connectivity index (χ4n) is 2.18. The maximum atomic E-state index is 12.9. The van der Waals surface area contributed by atoms with Crippen molar-refractivity contribution in [3.63, 3.8) is 0 Å². The van der Waals surface area contributed by atoms with E-state index in [9.17, 15) is 18.8 Å². The fourth-order valence-corrected chi connectivity index (χ4v) is 3.05. The number of halogens is 1. The normalized spacial score (nSPS) is 19.5. The summed E-state index contributed by atoms with van der Waals surface area (Å²) in [6.45, 7) is 0.418. The summed E-state index contributed by atoms with van der Waals surface area (Å²) in [4.78, 5) is 37.1. The van der Waals surface area contributed by atoms with Crippen molar-refractivity contribution in [3.05, 3.63) is 40.6 Å². The zero-order valence-corrected chi connectivity index (χ0v) is 13.1. The van der Waals surface area contributed by atoms with Crippen molar-refractivity contribution in [2.75, 3.05) is 13.1 Å². The average molecular weight is 334 g/mol. The Bertz CT molecular complexity index is 683. The molecule has 1 aromatic carbocycles. The third kappa shape index (κ3) is 3.79. The van der Waals surface area contributed by atoms with Gasteiger partial charge in [-0.3, -0.25) is 19.3 Å². The van der Waals surface area contributed by atoms with E-state index < -0.39 is 0 Å². The van der Waals surface area contributed by atoms with E-state index in [0.717, 1.165) is 29.5 Å². The predicted octanol–water partition coefficient (Wildman–Crippen LogP) is 2.39. The van der Waals surface area contributed by atoms with E-state index in [1.165, 1.54) is 12.1 Å². The minimum atomic E-state index is -0.384. The Morgan fingerprint density at radius 1 is 1.30 bits per heavy atom. The molecule has 3 amide bonds. The number of thioether (sulfide) groups is 1. The van der Waals surface area contributed by atoms with Crippen molar-refractivity contribution in [2.45, 2.75) is 12.8 Å². The molecule has 23 heavy (non-hydrogen) atoms. The van der Waals surface area contributed by atoms with Crippen molar-refractivity contribution in [1.82, 2.24) is 10.2 Å². The van der Waals surface area contributed by atoms with Crippen LogP contribution in [0.2, 0.25) is 0 Å². The molecule has 1 saturated carbocycles. The Morgan fingerprint density at radius 2 is 2.00 bits per heavy atom. The molecule has 0 bridgehead atoms.